The molecule has 70 valence electrons. The summed E-state index contributed by atoms with van der Waals surface area (Å²) in [5.41, 5.74) is 6.28. The van der Waals surface area contributed by atoms with Gasteiger partial charge in [0.15, 0.2) is 0 Å². The van der Waals surface area contributed by atoms with E-state index in [2.05, 4.69) is 0 Å². The number of carbonyl (C=O) groups is 1. The maximum Gasteiger partial charge on any atom is 0.224 e. The molecule has 0 aliphatic carbocycles. The molecule has 0 spiro atoms. The summed E-state index contributed by atoms with van der Waals surface area (Å²) < 4.78 is 13.1. The predicted octanol–water partition coefficient (Wildman–Crippen LogP) is 1.72. The van der Waals surface area contributed by atoms with Gasteiger partial charge < -0.3 is 5.73 Å². The Labute approximate surface area is 76.6 Å². The van der Waals surface area contributed by atoms with E-state index in [1.807, 2.05) is 0 Å². The van der Waals surface area contributed by atoms with Gasteiger partial charge in [0.1, 0.15) is 5.82 Å². The lowest BCUT2D eigenvalue weighted by atomic mass is 9.96. The SMILES string of the molecule is Cc1c(F)cccc1C(C)C(N)=O. The van der Waals surface area contributed by atoms with Crippen molar-refractivity contribution in [3.63, 3.8) is 0 Å². The fraction of sp³-hybridized carbons (Fsp3) is 0.300. The number of nitrogens with two attached hydrogens (primary N) is 1. The fourth-order valence-electron chi connectivity index (χ4n) is 1.25. The third-order valence-electron chi connectivity index (χ3n) is 2.20. The van der Waals surface area contributed by atoms with Gasteiger partial charge in [-0.2, -0.15) is 0 Å². The van der Waals surface area contributed by atoms with E-state index in [4.69, 9.17) is 5.73 Å². The molecular formula is C10H12FNO. The summed E-state index contributed by atoms with van der Waals surface area (Å²) in [4.78, 5) is 10.9. The van der Waals surface area contributed by atoms with Crippen LogP contribution >= 0.6 is 0 Å². The van der Waals surface area contributed by atoms with Gasteiger partial charge in [0, 0.05) is 0 Å². The highest BCUT2D eigenvalue weighted by Crippen LogP contribution is 2.20. The Hall–Kier alpha value is -1.38. The van der Waals surface area contributed by atoms with Gasteiger partial charge in [-0.1, -0.05) is 12.1 Å². The molecular weight excluding hydrogens is 169 g/mol. The molecule has 1 amide bonds. The van der Waals surface area contributed by atoms with Gasteiger partial charge in [0.25, 0.3) is 0 Å². The second kappa shape index (κ2) is 3.56. The normalized spacial score (nSPS) is 12.5. The van der Waals surface area contributed by atoms with Crippen molar-refractivity contribution in [2.24, 2.45) is 5.73 Å². The summed E-state index contributed by atoms with van der Waals surface area (Å²) in [5.74, 6) is -1.17. The van der Waals surface area contributed by atoms with Crippen molar-refractivity contribution in [1.29, 1.82) is 0 Å². The minimum absolute atomic E-state index is 0.300. The third-order valence-corrected chi connectivity index (χ3v) is 2.20. The lowest BCUT2D eigenvalue weighted by molar-refractivity contribution is -0.119. The van der Waals surface area contributed by atoms with E-state index in [9.17, 15) is 9.18 Å². The summed E-state index contributed by atoms with van der Waals surface area (Å²) in [6.45, 7) is 3.31. The van der Waals surface area contributed by atoms with Gasteiger partial charge in [-0.05, 0) is 31.0 Å². The molecule has 1 unspecified atom stereocenters. The lowest BCUT2D eigenvalue weighted by Gasteiger charge is -2.10. The van der Waals surface area contributed by atoms with Crippen molar-refractivity contribution in [2.75, 3.05) is 0 Å². The zero-order valence-electron chi connectivity index (χ0n) is 7.67. The second-order valence-corrected chi connectivity index (χ2v) is 3.08. The molecule has 0 saturated carbocycles. The van der Waals surface area contributed by atoms with E-state index >= 15 is 0 Å². The molecule has 0 aromatic heterocycles. The number of hydrogen-bond donors (Lipinski definition) is 1. The first-order chi connectivity index (χ1) is 6.04. The maximum atomic E-state index is 13.1. The van der Waals surface area contributed by atoms with Crippen molar-refractivity contribution in [3.05, 3.63) is 35.1 Å². The average molecular weight is 181 g/mol. The van der Waals surface area contributed by atoms with Gasteiger partial charge in [0.2, 0.25) is 5.91 Å². The van der Waals surface area contributed by atoms with E-state index in [0.29, 0.717) is 11.1 Å². The number of amides is 1. The molecule has 0 radical (unpaired) electrons. The van der Waals surface area contributed by atoms with Gasteiger partial charge in [-0.15, -0.1) is 0 Å². The summed E-state index contributed by atoms with van der Waals surface area (Å²) in [6.07, 6.45) is 0. The van der Waals surface area contributed by atoms with Crippen LogP contribution in [0.2, 0.25) is 0 Å². The quantitative estimate of drug-likeness (QED) is 0.741. The van der Waals surface area contributed by atoms with Gasteiger partial charge in [0.05, 0.1) is 5.92 Å². The van der Waals surface area contributed by atoms with Crippen molar-refractivity contribution in [1.82, 2.24) is 0 Å². The fourth-order valence-corrected chi connectivity index (χ4v) is 1.25. The van der Waals surface area contributed by atoms with E-state index in [1.165, 1.54) is 6.07 Å². The van der Waals surface area contributed by atoms with Crippen LogP contribution in [0.5, 0.6) is 0 Å². The molecule has 3 heteroatoms. The van der Waals surface area contributed by atoms with Crippen molar-refractivity contribution in [2.45, 2.75) is 19.8 Å². The molecule has 2 N–H and O–H groups in total. The Balaban J connectivity index is 3.15. The molecule has 0 aliphatic rings. The highest BCUT2D eigenvalue weighted by molar-refractivity contribution is 5.81. The Kier molecular flexibility index (Phi) is 2.66. The Morgan fingerprint density at radius 1 is 1.54 bits per heavy atom. The monoisotopic (exact) mass is 181 g/mol. The lowest BCUT2D eigenvalue weighted by Crippen LogP contribution is -2.19. The first-order valence-electron chi connectivity index (χ1n) is 4.08. The highest BCUT2D eigenvalue weighted by atomic mass is 19.1. The van der Waals surface area contributed by atoms with Crippen LogP contribution in [0, 0.1) is 12.7 Å². The van der Waals surface area contributed by atoms with Crippen LogP contribution in [-0.2, 0) is 4.79 Å². The van der Waals surface area contributed by atoms with E-state index < -0.39 is 11.8 Å². The first-order valence-corrected chi connectivity index (χ1v) is 4.08. The highest BCUT2D eigenvalue weighted by Gasteiger charge is 2.15. The van der Waals surface area contributed by atoms with Crippen LogP contribution in [0.15, 0.2) is 18.2 Å². The second-order valence-electron chi connectivity index (χ2n) is 3.08. The van der Waals surface area contributed by atoms with Crippen molar-refractivity contribution >= 4 is 5.91 Å². The van der Waals surface area contributed by atoms with Crippen LogP contribution < -0.4 is 5.73 Å². The van der Waals surface area contributed by atoms with E-state index in [0.717, 1.165) is 0 Å². The topological polar surface area (TPSA) is 43.1 Å². The minimum atomic E-state index is -0.436. The first kappa shape index (κ1) is 9.71. The van der Waals surface area contributed by atoms with Gasteiger partial charge >= 0.3 is 0 Å². The summed E-state index contributed by atoms with van der Waals surface area (Å²) in [5, 5.41) is 0. The number of halogens is 1. The summed E-state index contributed by atoms with van der Waals surface area (Å²) in [7, 11) is 0. The van der Waals surface area contributed by atoms with Crippen molar-refractivity contribution < 1.29 is 9.18 Å². The Morgan fingerprint density at radius 3 is 2.69 bits per heavy atom. The van der Waals surface area contributed by atoms with Crippen LogP contribution in [0.1, 0.15) is 24.0 Å². The standard InChI is InChI=1S/C10H12FNO/c1-6-8(7(2)10(12)13)4-3-5-9(6)11/h3-5,7H,1-2H3,(H2,12,13). The van der Waals surface area contributed by atoms with Crippen LogP contribution in [0.4, 0.5) is 4.39 Å². The number of benzene rings is 1. The van der Waals surface area contributed by atoms with Crippen molar-refractivity contribution in [3.8, 4) is 0 Å². The maximum absolute atomic E-state index is 13.1. The molecule has 2 nitrogen and oxygen atoms in total. The van der Waals surface area contributed by atoms with Crippen LogP contribution in [0.3, 0.4) is 0 Å². The number of rotatable bonds is 2. The Morgan fingerprint density at radius 2 is 2.15 bits per heavy atom. The third kappa shape index (κ3) is 1.86. The smallest absolute Gasteiger partial charge is 0.224 e. The minimum Gasteiger partial charge on any atom is -0.369 e. The molecule has 1 aromatic rings. The molecule has 1 atom stereocenters. The van der Waals surface area contributed by atoms with Crippen LogP contribution in [-0.4, -0.2) is 5.91 Å². The number of primary amides is 1. The van der Waals surface area contributed by atoms with Gasteiger partial charge in [-0.3, -0.25) is 4.79 Å². The molecule has 1 aromatic carbocycles. The summed E-state index contributed by atoms with van der Waals surface area (Å²) in [6, 6.07) is 4.66. The van der Waals surface area contributed by atoms with E-state index in [-0.39, 0.29) is 5.82 Å². The zero-order chi connectivity index (χ0) is 10.0. The number of carbonyl (C=O) groups excluding carboxylic acids is 1. The van der Waals surface area contributed by atoms with Crippen LogP contribution in [0.25, 0.3) is 0 Å². The van der Waals surface area contributed by atoms with E-state index in [1.54, 1.807) is 26.0 Å². The zero-order valence-corrected chi connectivity index (χ0v) is 7.67. The Bertz CT molecular complexity index is 336. The predicted molar refractivity (Wildman–Crippen MR) is 48.7 cm³/mol. The summed E-state index contributed by atoms with van der Waals surface area (Å²) >= 11 is 0. The molecule has 0 bridgehead atoms. The molecule has 0 saturated heterocycles. The number of hydrogen-bond acceptors (Lipinski definition) is 1. The molecule has 13 heavy (non-hydrogen) atoms. The molecule has 1 rings (SSSR count). The molecule has 0 fully saturated rings. The molecule has 0 aliphatic heterocycles. The molecule has 0 heterocycles. The van der Waals surface area contributed by atoms with Gasteiger partial charge in [-0.25, -0.2) is 4.39 Å². The largest absolute Gasteiger partial charge is 0.369 e. The average Bonchev–Trinajstić information content (AvgIpc) is 2.08.